The summed E-state index contributed by atoms with van der Waals surface area (Å²) in [6.45, 7) is 4.02. The van der Waals surface area contributed by atoms with Crippen LogP contribution < -0.4 is 4.90 Å². The quantitative estimate of drug-likeness (QED) is 0.532. The number of rotatable bonds is 4. The minimum Gasteiger partial charge on any atom is -0.507 e. The van der Waals surface area contributed by atoms with Crippen molar-refractivity contribution in [3.05, 3.63) is 88.6 Å². The van der Waals surface area contributed by atoms with Gasteiger partial charge in [0.25, 0.3) is 5.91 Å². The zero-order valence-electron chi connectivity index (χ0n) is 16.7. The van der Waals surface area contributed by atoms with E-state index in [1.54, 1.807) is 24.1 Å². The van der Waals surface area contributed by atoms with Crippen LogP contribution in [0.2, 0.25) is 0 Å². The van der Waals surface area contributed by atoms with Crippen molar-refractivity contribution in [2.75, 3.05) is 11.9 Å². The number of hydrogen-bond acceptors (Lipinski definition) is 3. The molecular formula is C24H23N3O2. The second-order valence-electron chi connectivity index (χ2n) is 7.41. The Kier molecular flexibility index (Phi) is 4.80. The third kappa shape index (κ3) is 3.59. The van der Waals surface area contributed by atoms with Gasteiger partial charge < -0.3 is 10.0 Å². The number of para-hydroxylation sites is 1. The van der Waals surface area contributed by atoms with Gasteiger partial charge in [0.15, 0.2) is 0 Å². The van der Waals surface area contributed by atoms with Gasteiger partial charge in [-0.25, -0.2) is 0 Å². The van der Waals surface area contributed by atoms with E-state index in [4.69, 9.17) is 0 Å². The third-order valence-electron chi connectivity index (χ3n) is 5.23. The maximum absolute atomic E-state index is 13.1. The lowest BCUT2D eigenvalue weighted by Crippen LogP contribution is -2.27. The molecule has 5 heteroatoms. The Morgan fingerprint density at radius 3 is 2.62 bits per heavy atom. The van der Waals surface area contributed by atoms with Crippen LogP contribution in [0.3, 0.4) is 0 Å². The van der Waals surface area contributed by atoms with E-state index in [0.717, 1.165) is 27.9 Å². The summed E-state index contributed by atoms with van der Waals surface area (Å²) in [4.78, 5) is 14.7. The van der Waals surface area contributed by atoms with Crippen LogP contribution in [0.15, 0.2) is 60.7 Å². The van der Waals surface area contributed by atoms with Crippen molar-refractivity contribution in [2.45, 2.75) is 20.3 Å². The number of nitrogens with zero attached hydrogens (tertiary/aromatic N) is 2. The number of phenols is 1. The van der Waals surface area contributed by atoms with Gasteiger partial charge in [-0.15, -0.1) is 0 Å². The predicted octanol–water partition coefficient (Wildman–Crippen LogP) is 4.75. The van der Waals surface area contributed by atoms with Crippen LogP contribution in [0.5, 0.6) is 5.75 Å². The minimum atomic E-state index is -0.263. The zero-order valence-corrected chi connectivity index (χ0v) is 16.7. The number of anilines is 1. The molecule has 0 saturated carbocycles. The number of carbonyl (C=O) groups is 1. The lowest BCUT2D eigenvalue weighted by atomic mass is 10.0. The molecule has 3 aromatic carbocycles. The number of fused-ring (bicyclic) bond motifs is 1. The molecule has 1 aromatic heterocycles. The van der Waals surface area contributed by atoms with E-state index in [-0.39, 0.29) is 17.2 Å². The van der Waals surface area contributed by atoms with Crippen molar-refractivity contribution < 1.29 is 9.90 Å². The first-order valence-corrected chi connectivity index (χ1v) is 9.53. The first-order chi connectivity index (χ1) is 13.9. The van der Waals surface area contributed by atoms with Crippen LogP contribution >= 0.6 is 0 Å². The topological polar surface area (TPSA) is 69.2 Å². The smallest absolute Gasteiger partial charge is 0.261 e. The van der Waals surface area contributed by atoms with E-state index < -0.39 is 0 Å². The number of carbonyl (C=O) groups excluding carboxylic acids is 1. The normalized spacial score (nSPS) is 11.0. The highest BCUT2D eigenvalue weighted by Gasteiger charge is 2.21. The largest absolute Gasteiger partial charge is 0.507 e. The van der Waals surface area contributed by atoms with Crippen molar-refractivity contribution in [2.24, 2.45) is 0 Å². The SMILES string of the molecule is Cc1cccc(Cc2[nH]nc3cc(O)c(C(=O)N(C)c4ccccc4C)cc23)c1. The standard InChI is InChI=1S/C24H23N3O2/c1-15-7-6-9-17(11-15)12-20-18-13-19(23(28)14-21(18)26-25-20)24(29)27(3)22-10-5-4-8-16(22)2/h4-11,13-14,28H,12H2,1-3H3,(H,25,26). The molecule has 0 fully saturated rings. The van der Waals surface area contributed by atoms with E-state index in [9.17, 15) is 9.90 Å². The first kappa shape index (κ1) is 18.7. The molecule has 2 N–H and O–H groups in total. The Bertz CT molecular complexity index is 1210. The van der Waals surface area contributed by atoms with Gasteiger partial charge in [0.1, 0.15) is 5.75 Å². The van der Waals surface area contributed by atoms with E-state index >= 15 is 0 Å². The zero-order chi connectivity index (χ0) is 20.5. The highest BCUT2D eigenvalue weighted by atomic mass is 16.3. The number of aromatic hydroxyl groups is 1. The molecule has 0 aliphatic carbocycles. The Balaban J connectivity index is 1.72. The molecule has 0 spiro atoms. The van der Waals surface area contributed by atoms with Gasteiger partial charge in [-0.3, -0.25) is 9.89 Å². The van der Waals surface area contributed by atoms with Crippen LogP contribution in [0, 0.1) is 13.8 Å². The average Bonchev–Trinajstić information content (AvgIpc) is 3.08. The molecule has 0 bridgehead atoms. The van der Waals surface area contributed by atoms with Gasteiger partial charge in [0.05, 0.1) is 11.1 Å². The maximum Gasteiger partial charge on any atom is 0.261 e. The van der Waals surface area contributed by atoms with Crippen LogP contribution in [0.4, 0.5) is 5.69 Å². The minimum absolute atomic E-state index is 0.0726. The fourth-order valence-electron chi connectivity index (χ4n) is 3.66. The molecule has 1 amide bonds. The van der Waals surface area contributed by atoms with Crippen molar-refractivity contribution in [1.82, 2.24) is 10.2 Å². The molecule has 0 atom stereocenters. The summed E-state index contributed by atoms with van der Waals surface area (Å²) in [7, 11) is 1.72. The number of H-pyrrole nitrogens is 1. The van der Waals surface area contributed by atoms with E-state index in [1.807, 2.05) is 37.3 Å². The lowest BCUT2D eigenvalue weighted by Gasteiger charge is -2.20. The number of benzene rings is 3. The fraction of sp³-hybridized carbons (Fsp3) is 0.167. The highest BCUT2D eigenvalue weighted by molar-refractivity contribution is 6.10. The van der Waals surface area contributed by atoms with E-state index in [1.165, 1.54) is 5.56 Å². The number of nitrogens with one attached hydrogen (secondary N) is 1. The van der Waals surface area contributed by atoms with Crippen LogP contribution in [-0.2, 0) is 6.42 Å². The summed E-state index contributed by atoms with van der Waals surface area (Å²) in [5, 5.41) is 18.7. The van der Waals surface area contributed by atoms with Crippen molar-refractivity contribution >= 4 is 22.5 Å². The molecule has 5 nitrogen and oxygen atoms in total. The molecule has 146 valence electrons. The summed E-state index contributed by atoms with van der Waals surface area (Å²) in [5.41, 5.74) is 5.97. The van der Waals surface area contributed by atoms with Gasteiger partial charge in [-0.1, -0.05) is 48.0 Å². The Labute approximate surface area is 169 Å². The molecule has 0 aliphatic heterocycles. The summed E-state index contributed by atoms with van der Waals surface area (Å²) in [5.74, 6) is -0.335. The molecule has 0 radical (unpaired) electrons. The number of aromatic amines is 1. The van der Waals surface area contributed by atoms with Crippen LogP contribution in [-0.4, -0.2) is 28.3 Å². The number of hydrogen-bond donors (Lipinski definition) is 2. The fourth-order valence-corrected chi connectivity index (χ4v) is 3.66. The van der Waals surface area contributed by atoms with Gasteiger partial charge in [-0.05, 0) is 37.1 Å². The summed E-state index contributed by atoms with van der Waals surface area (Å²) in [6.07, 6.45) is 0.671. The monoisotopic (exact) mass is 385 g/mol. The third-order valence-corrected chi connectivity index (χ3v) is 5.23. The molecule has 0 unspecified atom stereocenters. The highest BCUT2D eigenvalue weighted by Crippen LogP contribution is 2.29. The van der Waals surface area contributed by atoms with E-state index in [0.29, 0.717) is 11.9 Å². The second kappa shape index (κ2) is 7.43. The number of amides is 1. The van der Waals surface area contributed by atoms with Crippen molar-refractivity contribution in [3.8, 4) is 5.75 Å². The maximum atomic E-state index is 13.1. The summed E-state index contributed by atoms with van der Waals surface area (Å²) >= 11 is 0. The Morgan fingerprint density at radius 1 is 1.07 bits per heavy atom. The molecule has 4 rings (SSSR count). The molecule has 1 heterocycles. The molecule has 4 aromatic rings. The Hall–Kier alpha value is -3.60. The van der Waals surface area contributed by atoms with E-state index in [2.05, 4.69) is 35.3 Å². The van der Waals surface area contributed by atoms with Crippen LogP contribution in [0.1, 0.15) is 32.7 Å². The van der Waals surface area contributed by atoms with Gasteiger partial charge in [0.2, 0.25) is 0 Å². The second-order valence-corrected chi connectivity index (χ2v) is 7.41. The first-order valence-electron chi connectivity index (χ1n) is 9.53. The number of aryl methyl sites for hydroxylation is 2. The lowest BCUT2D eigenvalue weighted by molar-refractivity contribution is 0.0990. The van der Waals surface area contributed by atoms with Gasteiger partial charge in [-0.2, -0.15) is 5.10 Å². The molecular weight excluding hydrogens is 362 g/mol. The number of aromatic nitrogens is 2. The average molecular weight is 385 g/mol. The predicted molar refractivity (Wildman–Crippen MR) is 116 cm³/mol. The van der Waals surface area contributed by atoms with Crippen molar-refractivity contribution in [1.29, 1.82) is 0 Å². The molecule has 29 heavy (non-hydrogen) atoms. The number of phenolic OH excluding ortho intramolecular Hbond substituents is 1. The molecule has 0 aliphatic rings. The van der Waals surface area contributed by atoms with Gasteiger partial charge >= 0.3 is 0 Å². The van der Waals surface area contributed by atoms with Gasteiger partial charge in [0, 0.05) is 36.3 Å². The van der Waals surface area contributed by atoms with Crippen molar-refractivity contribution in [3.63, 3.8) is 0 Å². The molecule has 0 saturated heterocycles. The summed E-state index contributed by atoms with van der Waals surface area (Å²) < 4.78 is 0. The Morgan fingerprint density at radius 2 is 1.86 bits per heavy atom. The van der Waals surface area contributed by atoms with Crippen LogP contribution in [0.25, 0.3) is 10.9 Å². The summed E-state index contributed by atoms with van der Waals surface area (Å²) in [6, 6.07) is 19.2.